The Hall–Kier alpha value is -1.73. The second kappa shape index (κ2) is 5.34. The van der Waals surface area contributed by atoms with Crippen LogP contribution in [0.25, 0.3) is 11.0 Å². The summed E-state index contributed by atoms with van der Waals surface area (Å²) in [5.74, 6) is 0. The number of aromatic nitrogens is 3. The summed E-state index contributed by atoms with van der Waals surface area (Å²) in [6, 6.07) is 9.55. The van der Waals surface area contributed by atoms with E-state index in [2.05, 4.69) is 35.8 Å². The second-order valence-corrected chi connectivity index (χ2v) is 6.38. The Balaban J connectivity index is 1.94. The van der Waals surface area contributed by atoms with E-state index in [4.69, 9.17) is 0 Å². The van der Waals surface area contributed by atoms with E-state index in [1.807, 2.05) is 37.3 Å². The van der Waals surface area contributed by atoms with Crippen molar-refractivity contribution in [1.82, 2.24) is 15.2 Å². The van der Waals surface area contributed by atoms with E-state index in [0.29, 0.717) is 10.7 Å². The summed E-state index contributed by atoms with van der Waals surface area (Å²) in [6.07, 6.45) is 1.66. The van der Waals surface area contributed by atoms with Crippen LogP contribution in [0.4, 0.5) is 5.69 Å². The molecule has 0 spiro atoms. The molecule has 0 bridgehead atoms. The molecule has 0 aliphatic heterocycles. The molecule has 0 aliphatic carbocycles. The lowest BCUT2D eigenvalue weighted by atomic mass is 10.2. The first-order valence-electron chi connectivity index (χ1n) is 5.88. The van der Waals surface area contributed by atoms with Crippen molar-refractivity contribution < 1.29 is 4.21 Å². The molecule has 2 aromatic heterocycles. The number of benzene rings is 1. The number of nitrogens with zero attached hydrogens (tertiary/aromatic N) is 2. The van der Waals surface area contributed by atoms with Gasteiger partial charge in [-0.15, -0.1) is 0 Å². The van der Waals surface area contributed by atoms with Crippen LogP contribution < -0.4 is 4.72 Å². The minimum Gasteiger partial charge on any atom is -0.300 e. The maximum Gasteiger partial charge on any atom is 0.182 e. The number of nitrogens with one attached hydrogen (secondary N) is 2. The monoisotopic (exact) mass is 350 g/mol. The van der Waals surface area contributed by atoms with Gasteiger partial charge in [0.2, 0.25) is 0 Å². The number of hydrogen-bond acceptors (Lipinski definition) is 3. The molecule has 0 aliphatic rings. The molecule has 102 valence electrons. The van der Waals surface area contributed by atoms with E-state index < -0.39 is 11.0 Å². The molecule has 3 aromatic rings. The van der Waals surface area contributed by atoms with Crippen molar-refractivity contribution in [2.24, 2.45) is 0 Å². The third-order valence-electron chi connectivity index (χ3n) is 2.76. The number of hydrogen-bond donors (Lipinski definition) is 2. The SMILES string of the molecule is Cc1cccc(NS(=O)c2[nH]nc3ncc(Br)cc23)c1. The summed E-state index contributed by atoms with van der Waals surface area (Å²) in [5.41, 5.74) is 2.45. The number of fused-ring (bicyclic) bond motifs is 1. The standard InChI is InChI=1S/C13H11BrN4OS/c1-8-3-2-4-10(5-8)18-20(19)13-11-6-9(14)7-15-12(11)16-17-13/h2-7,18H,1H3,(H,15,16,17). The first-order valence-corrected chi connectivity index (χ1v) is 7.82. The van der Waals surface area contributed by atoms with Crippen LogP contribution in [0, 0.1) is 6.92 Å². The molecule has 1 atom stereocenters. The number of aryl methyl sites for hydroxylation is 1. The summed E-state index contributed by atoms with van der Waals surface area (Å²) in [5, 5.41) is 8.07. The Morgan fingerprint density at radius 1 is 1.35 bits per heavy atom. The molecule has 0 amide bonds. The lowest BCUT2D eigenvalue weighted by Gasteiger charge is -2.05. The molecule has 1 unspecified atom stereocenters. The van der Waals surface area contributed by atoms with Crippen LogP contribution in [0.15, 0.2) is 46.0 Å². The predicted octanol–water partition coefficient (Wildman–Crippen LogP) is 3.16. The summed E-state index contributed by atoms with van der Waals surface area (Å²) in [7, 11) is -1.42. The Morgan fingerprint density at radius 3 is 3.00 bits per heavy atom. The molecule has 20 heavy (non-hydrogen) atoms. The zero-order valence-electron chi connectivity index (χ0n) is 10.6. The Bertz CT molecular complexity index is 802. The van der Waals surface area contributed by atoms with Gasteiger partial charge in [0, 0.05) is 16.4 Å². The maximum atomic E-state index is 12.4. The van der Waals surface area contributed by atoms with Gasteiger partial charge in [0.1, 0.15) is 0 Å². The quantitative estimate of drug-likeness (QED) is 0.762. The second-order valence-electron chi connectivity index (χ2n) is 4.32. The molecule has 2 N–H and O–H groups in total. The molecular formula is C13H11BrN4OS. The number of pyridine rings is 1. The van der Waals surface area contributed by atoms with Crippen molar-refractivity contribution in [1.29, 1.82) is 0 Å². The molecule has 3 rings (SSSR count). The smallest absolute Gasteiger partial charge is 0.182 e. The van der Waals surface area contributed by atoms with Gasteiger partial charge in [0.15, 0.2) is 21.7 Å². The zero-order chi connectivity index (χ0) is 14.1. The minimum atomic E-state index is -1.42. The first kappa shape index (κ1) is 13.3. The Morgan fingerprint density at radius 2 is 2.20 bits per heavy atom. The maximum absolute atomic E-state index is 12.4. The van der Waals surface area contributed by atoms with Crippen molar-refractivity contribution in [2.45, 2.75) is 11.9 Å². The average Bonchev–Trinajstić information content (AvgIpc) is 2.81. The largest absolute Gasteiger partial charge is 0.300 e. The molecule has 2 heterocycles. The van der Waals surface area contributed by atoms with Crippen molar-refractivity contribution in [3.63, 3.8) is 0 Å². The third-order valence-corrected chi connectivity index (χ3v) is 4.29. The fourth-order valence-corrected chi connectivity index (χ4v) is 3.11. The summed E-state index contributed by atoms with van der Waals surface area (Å²) < 4.78 is 16.2. The Labute approximate surface area is 126 Å². The summed E-state index contributed by atoms with van der Waals surface area (Å²) >= 11 is 3.35. The highest BCUT2D eigenvalue weighted by molar-refractivity contribution is 9.10. The van der Waals surface area contributed by atoms with Gasteiger partial charge in [-0.25, -0.2) is 9.19 Å². The minimum absolute atomic E-state index is 0.510. The molecule has 0 saturated carbocycles. The van der Waals surface area contributed by atoms with Crippen molar-refractivity contribution in [2.75, 3.05) is 4.72 Å². The fraction of sp³-hybridized carbons (Fsp3) is 0.0769. The summed E-state index contributed by atoms with van der Waals surface area (Å²) in [6.45, 7) is 1.99. The number of rotatable bonds is 3. The van der Waals surface area contributed by atoms with Crippen LogP contribution in [0.1, 0.15) is 5.56 Å². The van der Waals surface area contributed by atoms with Crippen LogP contribution in [0.3, 0.4) is 0 Å². The topological polar surface area (TPSA) is 70.7 Å². The van der Waals surface area contributed by atoms with Gasteiger partial charge in [-0.05, 0) is 46.6 Å². The molecule has 1 aromatic carbocycles. The lowest BCUT2D eigenvalue weighted by molar-refractivity contribution is 0.684. The van der Waals surface area contributed by atoms with Gasteiger partial charge in [-0.1, -0.05) is 12.1 Å². The van der Waals surface area contributed by atoms with Gasteiger partial charge < -0.3 is 0 Å². The van der Waals surface area contributed by atoms with E-state index in [9.17, 15) is 4.21 Å². The zero-order valence-corrected chi connectivity index (χ0v) is 13.0. The molecule has 5 nitrogen and oxygen atoms in total. The van der Waals surface area contributed by atoms with Gasteiger partial charge >= 0.3 is 0 Å². The molecular weight excluding hydrogens is 340 g/mol. The molecule has 0 saturated heterocycles. The van der Waals surface area contributed by atoms with Gasteiger partial charge in [-0.3, -0.25) is 9.82 Å². The number of aromatic amines is 1. The van der Waals surface area contributed by atoms with Crippen molar-refractivity contribution >= 4 is 43.6 Å². The highest BCUT2D eigenvalue weighted by atomic mass is 79.9. The number of H-pyrrole nitrogens is 1. The van der Waals surface area contributed by atoms with Crippen LogP contribution in [0.5, 0.6) is 0 Å². The normalized spacial score (nSPS) is 12.5. The summed E-state index contributed by atoms with van der Waals surface area (Å²) in [4.78, 5) is 4.15. The van der Waals surface area contributed by atoms with E-state index in [1.165, 1.54) is 0 Å². The van der Waals surface area contributed by atoms with Crippen LogP contribution in [-0.2, 0) is 11.0 Å². The number of halogens is 1. The predicted molar refractivity (Wildman–Crippen MR) is 82.8 cm³/mol. The highest BCUT2D eigenvalue weighted by Crippen LogP contribution is 2.22. The fourth-order valence-electron chi connectivity index (χ4n) is 1.86. The van der Waals surface area contributed by atoms with Gasteiger partial charge in [-0.2, -0.15) is 5.10 Å². The third kappa shape index (κ3) is 2.59. The van der Waals surface area contributed by atoms with Gasteiger partial charge in [0.25, 0.3) is 0 Å². The van der Waals surface area contributed by atoms with Crippen molar-refractivity contribution in [3.8, 4) is 0 Å². The van der Waals surface area contributed by atoms with E-state index in [1.54, 1.807) is 6.20 Å². The highest BCUT2D eigenvalue weighted by Gasteiger charge is 2.13. The average molecular weight is 351 g/mol. The lowest BCUT2D eigenvalue weighted by Crippen LogP contribution is -2.05. The van der Waals surface area contributed by atoms with Gasteiger partial charge in [0.05, 0.1) is 5.39 Å². The molecule has 0 radical (unpaired) electrons. The molecule has 0 fully saturated rings. The van der Waals surface area contributed by atoms with Crippen molar-refractivity contribution in [3.05, 3.63) is 46.6 Å². The first-order chi connectivity index (χ1) is 9.63. The van der Waals surface area contributed by atoms with E-state index >= 15 is 0 Å². The number of anilines is 1. The van der Waals surface area contributed by atoms with Crippen LogP contribution in [0.2, 0.25) is 0 Å². The van der Waals surface area contributed by atoms with Crippen LogP contribution in [-0.4, -0.2) is 19.4 Å². The Kier molecular flexibility index (Phi) is 3.54. The van der Waals surface area contributed by atoms with E-state index in [-0.39, 0.29) is 0 Å². The molecule has 7 heteroatoms. The van der Waals surface area contributed by atoms with Crippen LogP contribution >= 0.6 is 15.9 Å². The van der Waals surface area contributed by atoms with E-state index in [0.717, 1.165) is 21.1 Å².